The average molecular weight is 328 g/mol. The summed E-state index contributed by atoms with van der Waals surface area (Å²) in [6, 6.07) is 5.36. The third-order valence-corrected chi connectivity index (χ3v) is 4.12. The minimum atomic E-state index is -0.0735. The van der Waals surface area contributed by atoms with Crippen molar-refractivity contribution in [3.05, 3.63) is 53.4 Å². The van der Waals surface area contributed by atoms with Crippen LogP contribution in [-0.2, 0) is 4.79 Å². The molecule has 0 N–H and O–H groups in total. The van der Waals surface area contributed by atoms with Gasteiger partial charge in [0.05, 0.1) is 11.8 Å². The van der Waals surface area contributed by atoms with E-state index in [2.05, 4.69) is 0 Å². The topological polar surface area (TPSA) is 66.9 Å². The van der Waals surface area contributed by atoms with Crippen molar-refractivity contribution in [2.75, 3.05) is 26.2 Å². The molecule has 24 heavy (non-hydrogen) atoms. The maximum Gasteiger partial charge on any atom is 0.257 e. The fraction of sp³-hybridized carbons (Fsp3) is 0.333. The number of nitrogens with zero attached hydrogens (tertiary/aromatic N) is 2. The molecule has 0 bridgehead atoms. The van der Waals surface area contributed by atoms with E-state index in [1.54, 1.807) is 28.9 Å². The summed E-state index contributed by atoms with van der Waals surface area (Å²) in [6.07, 6.45) is 4.70. The van der Waals surface area contributed by atoms with E-state index in [4.69, 9.17) is 8.83 Å². The summed E-state index contributed by atoms with van der Waals surface area (Å²) in [7, 11) is 0. The van der Waals surface area contributed by atoms with Gasteiger partial charge in [-0.15, -0.1) is 0 Å². The predicted molar refractivity (Wildman–Crippen MR) is 88.4 cm³/mol. The van der Waals surface area contributed by atoms with E-state index < -0.39 is 0 Å². The molecular formula is C18H20N2O4. The number of piperazine rings is 1. The third kappa shape index (κ3) is 3.42. The molecule has 3 rings (SSSR count). The minimum absolute atomic E-state index is 0.0463. The zero-order chi connectivity index (χ0) is 17.1. The maximum atomic E-state index is 12.4. The molecule has 0 radical (unpaired) electrons. The van der Waals surface area contributed by atoms with Crippen LogP contribution in [0.25, 0.3) is 6.08 Å². The molecule has 1 aliphatic rings. The van der Waals surface area contributed by atoms with Crippen LogP contribution in [0.4, 0.5) is 0 Å². The fourth-order valence-corrected chi connectivity index (χ4v) is 2.71. The van der Waals surface area contributed by atoms with Crippen LogP contribution in [0.5, 0.6) is 0 Å². The lowest BCUT2D eigenvalue weighted by Crippen LogP contribution is -2.50. The van der Waals surface area contributed by atoms with Gasteiger partial charge in [0.25, 0.3) is 5.91 Å². The number of hydrogen-bond donors (Lipinski definition) is 0. The first-order valence-corrected chi connectivity index (χ1v) is 7.91. The number of rotatable bonds is 3. The molecule has 2 aromatic rings. The lowest BCUT2D eigenvalue weighted by Gasteiger charge is -2.34. The van der Waals surface area contributed by atoms with E-state index in [1.807, 2.05) is 19.1 Å². The first-order chi connectivity index (χ1) is 11.5. The Bertz CT molecular complexity index is 764. The van der Waals surface area contributed by atoms with Crippen molar-refractivity contribution in [2.45, 2.75) is 13.8 Å². The first kappa shape index (κ1) is 16.1. The van der Waals surface area contributed by atoms with Crippen LogP contribution in [0.1, 0.15) is 27.6 Å². The van der Waals surface area contributed by atoms with Gasteiger partial charge in [-0.25, -0.2) is 0 Å². The van der Waals surface area contributed by atoms with Crippen molar-refractivity contribution in [3.63, 3.8) is 0 Å². The molecule has 0 unspecified atom stereocenters. The number of aryl methyl sites for hydroxylation is 2. The maximum absolute atomic E-state index is 12.4. The summed E-state index contributed by atoms with van der Waals surface area (Å²) in [5, 5.41) is 0. The zero-order valence-electron chi connectivity index (χ0n) is 13.8. The Morgan fingerprint density at radius 3 is 2.33 bits per heavy atom. The van der Waals surface area contributed by atoms with Crippen molar-refractivity contribution in [3.8, 4) is 0 Å². The molecule has 0 aliphatic carbocycles. The van der Waals surface area contributed by atoms with E-state index in [1.165, 1.54) is 12.3 Å². The van der Waals surface area contributed by atoms with E-state index in [-0.39, 0.29) is 11.8 Å². The molecule has 2 aromatic heterocycles. The van der Waals surface area contributed by atoms with Crippen molar-refractivity contribution < 1.29 is 18.4 Å². The van der Waals surface area contributed by atoms with Gasteiger partial charge in [0.1, 0.15) is 17.3 Å². The molecule has 0 saturated carbocycles. The first-order valence-electron chi connectivity index (χ1n) is 7.91. The highest BCUT2D eigenvalue weighted by Gasteiger charge is 2.25. The average Bonchev–Trinajstić information content (AvgIpc) is 3.20. The molecule has 1 aliphatic heterocycles. The van der Waals surface area contributed by atoms with Crippen molar-refractivity contribution in [1.29, 1.82) is 0 Å². The van der Waals surface area contributed by atoms with Crippen LogP contribution in [0.15, 0.2) is 39.4 Å². The van der Waals surface area contributed by atoms with Gasteiger partial charge < -0.3 is 18.6 Å². The summed E-state index contributed by atoms with van der Waals surface area (Å²) in [4.78, 5) is 28.1. The summed E-state index contributed by atoms with van der Waals surface area (Å²) >= 11 is 0. The van der Waals surface area contributed by atoms with Crippen LogP contribution in [0, 0.1) is 13.8 Å². The Morgan fingerprint density at radius 1 is 1.04 bits per heavy atom. The third-order valence-electron chi connectivity index (χ3n) is 4.12. The van der Waals surface area contributed by atoms with Gasteiger partial charge in [-0.1, -0.05) is 0 Å². The van der Waals surface area contributed by atoms with E-state index >= 15 is 0 Å². The normalized spacial score (nSPS) is 15.2. The summed E-state index contributed by atoms with van der Waals surface area (Å²) in [5.41, 5.74) is 0.586. The predicted octanol–water partition coefficient (Wildman–Crippen LogP) is 2.49. The van der Waals surface area contributed by atoms with Crippen molar-refractivity contribution in [2.24, 2.45) is 0 Å². The Labute approximate surface area is 140 Å². The second-order valence-electron chi connectivity index (χ2n) is 5.79. The Hall–Kier alpha value is -2.76. The Balaban J connectivity index is 1.55. The number of furan rings is 2. The highest BCUT2D eigenvalue weighted by atomic mass is 16.3. The van der Waals surface area contributed by atoms with Crippen LogP contribution < -0.4 is 0 Å². The molecule has 1 saturated heterocycles. The molecule has 126 valence electrons. The summed E-state index contributed by atoms with van der Waals surface area (Å²) in [6.45, 7) is 5.70. The molecule has 1 fully saturated rings. The fourth-order valence-electron chi connectivity index (χ4n) is 2.71. The lowest BCUT2D eigenvalue weighted by molar-refractivity contribution is -0.127. The van der Waals surface area contributed by atoms with Gasteiger partial charge in [-0.2, -0.15) is 0 Å². The molecule has 0 spiro atoms. The quantitative estimate of drug-likeness (QED) is 0.812. The molecule has 0 aromatic carbocycles. The van der Waals surface area contributed by atoms with Crippen molar-refractivity contribution in [1.82, 2.24) is 9.80 Å². The SMILES string of the molecule is Cc1ccc(C=CC(=O)N2CCN(C(=O)c3ccoc3C)CC2)o1. The molecule has 3 heterocycles. The van der Waals surface area contributed by atoms with Crippen LogP contribution in [0.3, 0.4) is 0 Å². The van der Waals surface area contributed by atoms with Gasteiger partial charge in [0.2, 0.25) is 5.91 Å². The number of amides is 2. The lowest BCUT2D eigenvalue weighted by atomic mass is 10.2. The van der Waals surface area contributed by atoms with Crippen LogP contribution in [-0.4, -0.2) is 47.8 Å². The summed E-state index contributed by atoms with van der Waals surface area (Å²) < 4.78 is 10.6. The molecule has 0 atom stereocenters. The van der Waals surface area contributed by atoms with E-state index in [0.29, 0.717) is 43.3 Å². The smallest absolute Gasteiger partial charge is 0.257 e. The van der Waals surface area contributed by atoms with E-state index in [0.717, 1.165) is 5.76 Å². The number of carbonyl (C=O) groups is 2. The monoisotopic (exact) mass is 328 g/mol. The number of carbonyl (C=O) groups excluding carboxylic acids is 2. The Kier molecular flexibility index (Phi) is 4.55. The van der Waals surface area contributed by atoms with Gasteiger partial charge in [0, 0.05) is 32.3 Å². The highest BCUT2D eigenvalue weighted by molar-refractivity contribution is 5.95. The standard InChI is InChI=1S/C18H20N2O4/c1-13-3-4-15(24-13)5-6-17(21)19-8-10-20(11-9-19)18(22)16-7-12-23-14(16)2/h3-7,12H,8-11H2,1-2H3. The molecule has 6 heteroatoms. The largest absolute Gasteiger partial charge is 0.469 e. The van der Waals surface area contributed by atoms with Crippen LogP contribution >= 0.6 is 0 Å². The minimum Gasteiger partial charge on any atom is -0.469 e. The molecule has 6 nitrogen and oxygen atoms in total. The van der Waals surface area contributed by atoms with Gasteiger partial charge in [0.15, 0.2) is 0 Å². The molecule has 2 amide bonds. The Morgan fingerprint density at radius 2 is 1.75 bits per heavy atom. The summed E-state index contributed by atoms with van der Waals surface area (Å²) in [5.74, 6) is 1.97. The van der Waals surface area contributed by atoms with Crippen LogP contribution in [0.2, 0.25) is 0 Å². The van der Waals surface area contributed by atoms with E-state index in [9.17, 15) is 9.59 Å². The van der Waals surface area contributed by atoms with Gasteiger partial charge in [-0.3, -0.25) is 9.59 Å². The zero-order valence-corrected chi connectivity index (χ0v) is 13.8. The van der Waals surface area contributed by atoms with Gasteiger partial charge >= 0.3 is 0 Å². The molecular weight excluding hydrogens is 308 g/mol. The van der Waals surface area contributed by atoms with Crippen molar-refractivity contribution >= 4 is 17.9 Å². The highest BCUT2D eigenvalue weighted by Crippen LogP contribution is 2.14. The van der Waals surface area contributed by atoms with Gasteiger partial charge in [-0.05, 0) is 38.1 Å². The number of hydrogen-bond acceptors (Lipinski definition) is 4. The second-order valence-corrected chi connectivity index (χ2v) is 5.79. The second kappa shape index (κ2) is 6.78.